The van der Waals surface area contributed by atoms with Crippen LogP contribution in [0.3, 0.4) is 0 Å². The van der Waals surface area contributed by atoms with Crippen LogP contribution in [0, 0.1) is 11.8 Å². The van der Waals surface area contributed by atoms with Gasteiger partial charge >= 0.3 is 0 Å². The first kappa shape index (κ1) is 20.2. The molecule has 2 atom stereocenters. The number of ether oxygens (including phenoxy) is 2. The summed E-state index contributed by atoms with van der Waals surface area (Å²) in [6.45, 7) is 10.7. The van der Waals surface area contributed by atoms with Crippen molar-refractivity contribution in [3.63, 3.8) is 0 Å². The van der Waals surface area contributed by atoms with Crippen LogP contribution in [0.1, 0.15) is 46.5 Å². The van der Waals surface area contributed by atoms with Crippen LogP contribution < -0.4 is 10.1 Å². The number of carbonyl (C=O) groups is 1. The van der Waals surface area contributed by atoms with E-state index in [9.17, 15) is 4.79 Å². The van der Waals surface area contributed by atoms with Crippen molar-refractivity contribution in [2.75, 3.05) is 38.2 Å². The van der Waals surface area contributed by atoms with Crippen LogP contribution in [-0.2, 0) is 9.53 Å². The largest absolute Gasteiger partial charge is 0.492 e. The van der Waals surface area contributed by atoms with Gasteiger partial charge in [-0.1, -0.05) is 6.92 Å². The summed E-state index contributed by atoms with van der Waals surface area (Å²) in [5.74, 6) is 1.91. The Balaban J connectivity index is 1.46. The maximum absolute atomic E-state index is 12.7. The number of amides is 1. The highest BCUT2D eigenvalue weighted by Crippen LogP contribution is 2.42. The summed E-state index contributed by atoms with van der Waals surface area (Å²) in [5.41, 5.74) is 0.0546. The van der Waals surface area contributed by atoms with Crippen LogP contribution in [0.25, 0.3) is 0 Å². The summed E-state index contributed by atoms with van der Waals surface area (Å²) in [5, 5.41) is 3.00. The summed E-state index contributed by atoms with van der Waals surface area (Å²) in [7, 11) is 0. The Bertz CT molecular complexity index is 614. The Morgan fingerprint density at radius 1 is 1.26 bits per heavy atom. The molecular weight excluding hydrogens is 340 g/mol. The van der Waals surface area contributed by atoms with Gasteiger partial charge in [0.15, 0.2) is 0 Å². The lowest BCUT2D eigenvalue weighted by Gasteiger charge is -2.30. The van der Waals surface area contributed by atoms with E-state index in [0.29, 0.717) is 19.1 Å². The molecule has 0 unspecified atom stereocenters. The first-order valence-corrected chi connectivity index (χ1v) is 10.4. The van der Waals surface area contributed by atoms with Gasteiger partial charge in [0.05, 0.1) is 0 Å². The van der Waals surface area contributed by atoms with E-state index in [1.165, 1.54) is 25.9 Å². The highest BCUT2D eigenvalue weighted by Gasteiger charge is 2.48. The molecular formula is C22H34N2O3. The van der Waals surface area contributed by atoms with E-state index in [1.807, 2.05) is 38.1 Å². The van der Waals surface area contributed by atoms with E-state index in [0.717, 1.165) is 36.7 Å². The minimum Gasteiger partial charge on any atom is -0.492 e. The quantitative estimate of drug-likeness (QED) is 0.711. The zero-order valence-electron chi connectivity index (χ0n) is 17.0. The molecule has 3 rings (SSSR count). The number of rotatable bonds is 9. The van der Waals surface area contributed by atoms with Crippen LogP contribution in [0.4, 0.5) is 5.69 Å². The minimum absolute atomic E-state index is 0.0558. The predicted octanol–water partition coefficient (Wildman–Crippen LogP) is 3.94. The molecule has 1 aliphatic carbocycles. The third-order valence-electron chi connectivity index (χ3n) is 5.78. The first-order chi connectivity index (χ1) is 13.0. The Morgan fingerprint density at radius 3 is 2.63 bits per heavy atom. The van der Waals surface area contributed by atoms with Crippen LogP contribution in [0.15, 0.2) is 24.3 Å². The normalized spacial score (nSPS) is 22.9. The second-order valence-electron chi connectivity index (χ2n) is 8.19. The molecule has 150 valence electrons. The van der Waals surface area contributed by atoms with Gasteiger partial charge in [-0.25, -0.2) is 0 Å². The molecule has 1 saturated carbocycles. The molecule has 1 N–H and O–H groups in total. The molecule has 2 fully saturated rings. The van der Waals surface area contributed by atoms with E-state index in [1.54, 1.807) is 0 Å². The average Bonchev–Trinajstić information content (AvgIpc) is 3.49. The number of benzene rings is 1. The van der Waals surface area contributed by atoms with Crippen molar-refractivity contribution >= 4 is 11.6 Å². The van der Waals surface area contributed by atoms with Gasteiger partial charge in [0.2, 0.25) is 0 Å². The summed E-state index contributed by atoms with van der Waals surface area (Å²) in [4.78, 5) is 15.2. The fourth-order valence-electron chi connectivity index (χ4n) is 3.97. The van der Waals surface area contributed by atoms with Crippen LogP contribution >= 0.6 is 0 Å². The highest BCUT2D eigenvalue weighted by molar-refractivity contribution is 5.97. The highest BCUT2D eigenvalue weighted by atomic mass is 16.5. The number of carbonyl (C=O) groups excluding carboxylic acids is 1. The van der Waals surface area contributed by atoms with Crippen molar-refractivity contribution < 1.29 is 14.3 Å². The van der Waals surface area contributed by atoms with Crippen LogP contribution in [-0.4, -0.2) is 49.3 Å². The summed E-state index contributed by atoms with van der Waals surface area (Å²) in [6, 6.07) is 7.64. The number of hydrogen-bond acceptors (Lipinski definition) is 4. The molecule has 1 saturated heterocycles. The molecule has 0 aromatic heterocycles. The fourth-order valence-corrected chi connectivity index (χ4v) is 3.97. The van der Waals surface area contributed by atoms with Gasteiger partial charge in [-0.15, -0.1) is 0 Å². The molecule has 5 heteroatoms. The molecule has 1 heterocycles. The molecule has 1 aromatic rings. The molecule has 2 aliphatic rings. The minimum atomic E-state index is -0.727. The molecule has 1 aromatic carbocycles. The van der Waals surface area contributed by atoms with Crippen molar-refractivity contribution in [3.8, 4) is 5.75 Å². The van der Waals surface area contributed by atoms with E-state index < -0.39 is 5.60 Å². The second-order valence-corrected chi connectivity index (χ2v) is 8.19. The van der Waals surface area contributed by atoms with Crippen LogP contribution in [0.5, 0.6) is 5.75 Å². The Kier molecular flexibility index (Phi) is 6.77. The maximum atomic E-state index is 12.7. The Labute approximate surface area is 163 Å². The van der Waals surface area contributed by atoms with Gasteiger partial charge in [0.25, 0.3) is 5.91 Å². The number of anilines is 1. The van der Waals surface area contributed by atoms with Gasteiger partial charge in [-0.2, -0.15) is 0 Å². The molecule has 0 bridgehead atoms. The third-order valence-corrected chi connectivity index (χ3v) is 5.78. The number of nitrogens with zero attached hydrogens (tertiary/aromatic N) is 1. The number of likely N-dealkylation sites (tertiary alicyclic amines) is 1. The average molecular weight is 375 g/mol. The number of hydrogen-bond donors (Lipinski definition) is 1. The van der Waals surface area contributed by atoms with Gasteiger partial charge in [0, 0.05) is 25.4 Å². The van der Waals surface area contributed by atoms with Crippen molar-refractivity contribution in [2.45, 2.75) is 52.1 Å². The first-order valence-electron chi connectivity index (χ1n) is 10.4. The molecule has 1 amide bonds. The Morgan fingerprint density at radius 2 is 2.00 bits per heavy atom. The third kappa shape index (κ3) is 5.45. The van der Waals surface area contributed by atoms with E-state index in [2.05, 4.69) is 17.1 Å². The van der Waals surface area contributed by atoms with Gasteiger partial charge in [0.1, 0.15) is 18.0 Å². The fraction of sp³-hybridized carbons (Fsp3) is 0.682. The lowest BCUT2D eigenvalue weighted by atomic mass is 9.99. The zero-order valence-corrected chi connectivity index (χ0v) is 17.0. The summed E-state index contributed by atoms with van der Waals surface area (Å²) >= 11 is 0. The number of nitrogens with one attached hydrogen (secondary N) is 1. The Hall–Kier alpha value is -1.59. The second kappa shape index (κ2) is 9.07. The molecule has 1 aliphatic heterocycles. The maximum Gasteiger partial charge on any atom is 0.256 e. The van der Waals surface area contributed by atoms with Crippen molar-refractivity contribution in [1.82, 2.24) is 4.90 Å². The van der Waals surface area contributed by atoms with Gasteiger partial charge in [-0.3, -0.25) is 9.69 Å². The lowest BCUT2D eigenvalue weighted by Crippen LogP contribution is -2.44. The van der Waals surface area contributed by atoms with E-state index in [-0.39, 0.29) is 5.91 Å². The van der Waals surface area contributed by atoms with Gasteiger partial charge in [-0.05, 0) is 82.2 Å². The molecule has 0 spiro atoms. The monoisotopic (exact) mass is 374 g/mol. The van der Waals surface area contributed by atoms with E-state index in [4.69, 9.17) is 9.47 Å². The molecule has 0 radical (unpaired) electrons. The SMILES string of the molecule is CCO[C@](C)(C(=O)Nc1ccc(OCCN2CCC[C@@H](C)C2)cc1)C1CC1. The molecule has 27 heavy (non-hydrogen) atoms. The smallest absolute Gasteiger partial charge is 0.256 e. The van der Waals surface area contributed by atoms with Crippen LogP contribution in [0.2, 0.25) is 0 Å². The standard InChI is InChI=1S/C22H34N2O3/c1-4-27-22(3,18-7-8-18)21(25)23-19-9-11-20(12-10-19)26-15-14-24-13-5-6-17(2)16-24/h9-12,17-18H,4-8,13-16H2,1-3H3,(H,23,25)/t17-,22+/m1/s1. The van der Waals surface area contributed by atoms with Crippen molar-refractivity contribution in [3.05, 3.63) is 24.3 Å². The number of piperidine rings is 1. The zero-order chi connectivity index (χ0) is 19.3. The van der Waals surface area contributed by atoms with Gasteiger partial charge < -0.3 is 14.8 Å². The van der Waals surface area contributed by atoms with E-state index >= 15 is 0 Å². The summed E-state index contributed by atoms with van der Waals surface area (Å²) in [6.07, 6.45) is 4.75. The lowest BCUT2D eigenvalue weighted by molar-refractivity contribution is -0.141. The topological polar surface area (TPSA) is 50.8 Å². The molecule has 5 nitrogen and oxygen atoms in total. The predicted molar refractivity (Wildman–Crippen MR) is 108 cm³/mol. The van der Waals surface area contributed by atoms with Crippen molar-refractivity contribution in [2.24, 2.45) is 11.8 Å². The summed E-state index contributed by atoms with van der Waals surface area (Å²) < 4.78 is 11.7. The van der Waals surface area contributed by atoms with Crippen molar-refractivity contribution in [1.29, 1.82) is 0 Å².